The van der Waals surface area contributed by atoms with E-state index in [-0.39, 0.29) is 17.3 Å². The van der Waals surface area contributed by atoms with Gasteiger partial charge in [-0.2, -0.15) is 0 Å². The Morgan fingerprint density at radius 3 is 2.82 bits per heavy atom. The van der Waals surface area contributed by atoms with Crippen LogP contribution in [0, 0.1) is 0 Å². The third kappa shape index (κ3) is 2.18. The first-order valence-corrected chi connectivity index (χ1v) is 4.15. The number of carboxylic acids is 1. The van der Waals surface area contributed by atoms with Crippen LogP contribution < -0.4 is 0 Å². The molecule has 1 rings (SSSR count). The van der Waals surface area contributed by atoms with E-state index in [1.807, 2.05) is 0 Å². The zero-order valence-electron chi connectivity index (χ0n) is 5.79. The Hall–Kier alpha value is -0.580. The number of carbonyl (C=O) groups excluding carboxylic acids is 1. The molecule has 1 fully saturated rings. The molecule has 1 aliphatic rings. The number of rotatable bonds is 2. The highest BCUT2D eigenvalue weighted by molar-refractivity contribution is 9.09. The highest BCUT2D eigenvalue weighted by Crippen LogP contribution is 2.17. The van der Waals surface area contributed by atoms with Crippen molar-refractivity contribution in [2.45, 2.75) is 11.2 Å². The molecular formula is C6H8BrNO3. The van der Waals surface area contributed by atoms with Crippen molar-refractivity contribution in [2.75, 3.05) is 13.1 Å². The quantitative estimate of drug-likeness (QED) is 0.672. The van der Waals surface area contributed by atoms with Crippen LogP contribution in [0.2, 0.25) is 0 Å². The van der Waals surface area contributed by atoms with Crippen LogP contribution in [-0.2, 0) is 9.59 Å². The molecule has 0 aromatic heterocycles. The number of hydrogen-bond acceptors (Lipinski definition) is 2. The zero-order valence-corrected chi connectivity index (χ0v) is 7.37. The van der Waals surface area contributed by atoms with Gasteiger partial charge >= 0.3 is 5.97 Å². The van der Waals surface area contributed by atoms with Crippen molar-refractivity contribution in [2.24, 2.45) is 0 Å². The Balaban J connectivity index is 2.47. The van der Waals surface area contributed by atoms with Crippen LogP contribution in [-0.4, -0.2) is 39.8 Å². The van der Waals surface area contributed by atoms with Gasteiger partial charge in [-0.25, -0.2) is 0 Å². The number of halogens is 1. The summed E-state index contributed by atoms with van der Waals surface area (Å²) >= 11 is 3.25. The molecule has 0 bridgehead atoms. The second-order valence-corrected chi connectivity index (χ2v) is 3.76. The van der Waals surface area contributed by atoms with E-state index < -0.39 is 5.97 Å². The molecule has 1 atom stereocenters. The normalized spacial score (nSPS) is 24.3. The van der Waals surface area contributed by atoms with Crippen LogP contribution >= 0.6 is 15.9 Å². The lowest BCUT2D eigenvalue weighted by Gasteiger charge is -2.11. The summed E-state index contributed by atoms with van der Waals surface area (Å²) in [4.78, 5) is 22.6. The van der Waals surface area contributed by atoms with Gasteiger partial charge in [0.1, 0.15) is 6.54 Å². The van der Waals surface area contributed by atoms with E-state index >= 15 is 0 Å². The van der Waals surface area contributed by atoms with Gasteiger partial charge in [-0.15, -0.1) is 0 Å². The topological polar surface area (TPSA) is 57.6 Å². The third-order valence-corrected chi connectivity index (χ3v) is 2.11. The highest BCUT2D eigenvalue weighted by Gasteiger charge is 2.28. The van der Waals surface area contributed by atoms with Crippen LogP contribution in [0.4, 0.5) is 0 Å². The fourth-order valence-corrected chi connectivity index (χ4v) is 1.67. The lowest BCUT2D eigenvalue weighted by atomic mass is 10.4. The van der Waals surface area contributed by atoms with Crippen LogP contribution in [0.15, 0.2) is 0 Å². The van der Waals surface area contributed by atoms with E-state index in [2.05, 4.69) is 15.9 Å². The maximum atomic E-state index is 11.0. The first kappa shape index (κ1) is 8.52. The molecule has 1 aliphatic heterocycles. The average molecular weight is 222 g/mol. The van der Waals surface area contributed by atoms with Crippen molar-refractivity contribution in [1.29, 1.82) is 0 Å². The molecule has 0 radical (unpaired) electrons. The number of nitrogens with zero attached hydrogens (tertiary/aromatic N) is 1. The Bertz CT molecular complexity index is 194. The Kier molecular flexibility index (Phi) is 2.49. The smallest absolute Gasteiger partial charge is 0.323 e. The van der Waals surface area contributed by atoms with Gasteiger partial charge in [0.25, 0.3) is 0 Å². The lowest BCUT2D eigenvalue weighted by molar-refractivity contribution is -0.142. The van der Waals surface area contributed by atoms with Gasteiger partial charge in [0.05, 0.1) is 0 Å². The second-order valence-electron chi connectivity index (χ2n) is 2.47. The molecule has 62 valence electrons. The minimum Gasteiger partial charge on any atom is -0.480 e. The van der Waals surface area contributed by atoms with Gasteiger partial charge in [-0.05, 0) is 0 Å². The summed E-state index contributed by atoms with van der Waals surface area (Å²) in [5.41, 5.74) is 0. The van der Waals surface area contributed by atoms with Gasteiger partial charge in [0.15, 0.2) is 0 Å². The Labute approximate surface area is 72.3 Å². The van der Waals surface area contributed by atoms with Crippen molar-refractivity contribution in [3.05, 3.63) is 0 Å². The van der Waals surface area contributed by atoms with E-state index in [0.717, 1.165) is 0 Å². The third-order valence-electron chi connectivity index (χ3n) is 1.49. The molecule has 0 aromatic rings. The molecular weight excluding hydrogens is 214 g/mol. The standard InChI is InChI=1S/C6H8BrNO3/c7-4-1-5(9)8(2-4)3-6(10)11/h4H,1-3H2,(H,10,11). The minimum absolute atomic E-state index is 0.0886. The van der Waals surface area contributed by atoms with Crippen molar-refractivity contribution >= 4 is 27.8 Å². The lowest BCUT2D eigenvalue weighted by Crippen LogP contribution is -2.31. The molecule has 0 aliphatic carbocycles. The number of carbonyl (C=O) groups is 2. The first-order chi connectivity index (χ1) is 5.09. The summed E-state index contributed by atoms with van der Waals surface area (Å²) in [5, 5.41) is 8.37. The van der Waals surface area contributed by atoms with Crippen molar-refractivity contribution in [1.82, 2.24) is 4.90 Å². The minimum atomic E-state index is -0.958. The molecule has 1 heterocycles. The monoisotopic (exact) mass is 221 g/mol. The second kappa shape index (κ2) is 3.21. The fourth-order valence-electron chi connectivity index (χ4n) is 1.04. The predicted molar refractivity (Wildman–Crippen MR) is 41.5 cm³/mol. The van der Waals surface area contributed by atoms with Crippen LogP contribution in [0.25, 0.3) is 0 Å². The van der Waals surface area contributed by atoms with Crippen molar-refractivity contribution < 1.29 is 14.7 Å². The van der Waals surface area contributed by atoms with Gasteiger partial charge in [-0.3, -0.25) is 9.59 Å². The average Bonchev–Trinajstić information content (AvgIpc) is 2.09. The van der Waals surface area contributed by atoms with E-state index in [1.54, 1.807) is 0 Å². The van der Waals surface area contributed by atoms with Crippen molar-refractivity contribution in [3.63, 3.8) is 0 Å². The number of amides is 1. The molecule has 0 saturated carbocycles. The van der Waals surface area contributed by atoms with Crippen LogP contribution in [0.3, 0.4) is 0 Å². The van der Waals surface area contributed by atoms with E-state index in [1.165, 1.54) is 4.90 Å². The van der Waals surface area contributed by atoms with Crippen molar-refractivity contribution in [3.8, 4) is 0 Å². The molecule has 11 heavy (non-hydrogen) atoms. The summed E-state index contributed by atoms with van der Waals surface area (Å²) in [6, 6.07) is 0. The number of aliphatic carboxylic acids is 1. The summed E-state index contributed by atoms with van der Waals surface area (Å²) < 4.78 is 0. The summed E-state index contributed by atoms with van der Waals surface area (Å²) in [7, 11) is 0. The molecule has 1 unspecified atom stereocenters. The number of likely N-dealkylation sites (tertiary alicyclic amines) is 1. The van der Waals surface area contributed by atoms with E-state index in [4.69, 9.17) is 5.11 Å². The molecule has 1 amide bonds. The van der Waals surface area contributed by atoms with Gasteiger partial charge < -0.3 is 10.0 Å². The fraction of sp³-hybridized carbons (Fsp3) is 0.667. The van der Waals surface area contributed by atoms with Crippen LogP contribution in [0.5, 0.6) is 0 Å². The number of alkyl halides is 1. The summed E-state index contributed by atoms with van der Waals surface area (Å²) in [6.45, 7) is 0.325. The Morgan fingerprint density at radius 2 is 2.45 bits per heavy atom. The molecule has 0 aromatic carbocycles. The van der Waals surface area contributed by atoms with E-state index in [0.29, 0.717) is 13.0 Å². The highest BCUT2D eigenvalue weighted by atomic mass is 79.9. The summed E-state index contributed by atoms with van der Waals surface area (Å²) in [6.07, 6.45) is 0.410. The van der Waals surface area contributed by atoms with Crippen LogP contribution in [0.1, 0.15) is 6.42 Å². The van der Waals surface area contributed by atoms with E-state index in [9.17, 15) is 9.59 Å². The number of hydrogen-bond donors (Lipinski definition) is 1. The maximum absolute atomic E-state index is 11.0. The molecule has 1 N–H and O–H groups in total. The van der Waals surface area contributed by atoms with Gasteiger partial charge in [0, 0.05) is 17.8 Å². The zero-order chi connectivity index (χ0) is 8.43. The molecule has 1 saturated heterocycles. The largest absolute Gasteiger partial charge is 0.480 e. The van der Waals surface area contributed by atoms with Gasteiger partial charge in [-0.1, -0.05) is 15.9 Å². The molecule has 4 nitrogen and oxygen atoms in total. The Morgan fingerprint density at radius 1 is 1.82 bits per heavy atom. The SMILES string of the molecule is O=C(O)CN1CC(Br)CC1=O. The maximum Gasteiger partial charge on any atom is 0.323 e. The summed E-state index contributed by atoms with van der Waals surface area (Å²) in [5.74, 6) is -1.05. The number of carboxylic acid groups (broad SMARTS) is 1. The first-order valence-electron chi connectivity index (χ1n) is 3.23. The predicted octanol–water partition coefficient (Wildman–Crippen LogP) is 0.0668. The molecule has 0 spiro atoms. The molecule has 5 heteroatoms. The van der Waals surface area contributed by atoms with Gasteiger partial charge in [0.2, 0.25) is 5.91 Å².